The van der Waals surface area contributed by atoms with E-state index in [1.165, 1.54) is 17.8 Å². The topological polar surface area (TPSA) is 110 Å². The van der Waals surface area contributed by atoms with Crippen LogP contribution >= 0.6 is 11.8 Å². The van der Waals surface area contributed by atoms with Crippen LogP contribution in [-0.4, -0.2) is 53.9 Å². The fourth-order valence-corrected chi connectivity index (χ4v) is 1.90. The predicted molar refractivity (Wildman–Crippen MR) is 68.7 cm³/mol. The number of rotatable bonds is 8. The molecule has 0 saturated carbocycles. The van der Waals surface area contributed by atoms with Gasteiger partial charge in [-0.2, -0.15) is 0 Å². The van der Waals surface area contributed by atoms with E-state index in [1.807, 2.05) is 0 Å². The molecule has 7 nitrogen and oxygen atoms in total. The molecule has 0 amide bonds. The highest BCUT2D eigenvalue weighted by Gasteiger charge is 2.07. The van der Waals surface area contributed by atoms with Gasteiger partial charge in [-0.15, -0.1) is 0 Å². The van der Waals surface area contributed by atoms with Crippen LogP contribution in [-0.2, 0) is 9.47 Å². The molecule has 0 saturated heterocycles. The molecule has 0 bridgehead atoms. The van der Waals surface area contributed by atoms with Crippen molar-refractivity contribution >= 4 is 17.6 Å². The first-order valence-corrected chi connectivity index (χ1v) is 6.34. The van der Waals surface area contributed by atoms with Crippen molar-refractivity contribution in [2.45, 2.75) is 11.3 Å². The summed E-state index contributed by atoms with van der Waals surface area (Å²) in [6.07, 6.45) is -0.640. The van der Waals surface area contributed by atoms with Crippen molar-refractivity contribution in [1.29, 1.82) is 0 Å². The summed E-state index contributed by atoms with van der Waals surface area (Å²) in [6.45, 7) is 1.14. The van der Waals surface area contributed by atoms with Crippen molar-refractivity contribution in [1.82, 2.24) is 9.97 Å². The standard InChI is InChI=1S/C10H17N3O4S/c1-16-2-3-17-5-7(14)6-18-10-12-8(11)4-9(15)13-10/h4,7,14H,2-3,5-6H2,1H3,(H3,11,12,13,15). The summed E-state index contributed by atoms with van der Waals surface area (Å²) in [5, 5.41) is 10.00. The first-order chi connectivity index (χ1) is 8.61. The molecule has 8 heteroatoms. The number of nitrogen functional groups attached to an aromatic ring is 1. The Bertz CT molecular complexity index is 412. The van der Waals surface area contributed by atoms with Crippen molar-refractivity contribution in [2.24, 2.45) is 0 Å². The fourth-order valence-electron chi connectivity index (χ4n) is 1.11. The van der Waals surface area contributed by atoms with Gasteiger partial charge in [0.15, 0.2) is 5.16 Å². The molecule has 1 atom stereocenters. The molecule has 1 aromatic heterocycles. The van der Waals surface area contributed by atoms with Crippen molar-refractivity contribution in [3.8, 4) is 0 Å². The van der Waals surface area contributed by atoms with Gasteiger partial charge >= 0.3 is 0 Å². The summed E-state index contributed by atoms with van der Waals surface area (Å²) < 4.78 is 9.97. The van der Waals surface area contributed by atoms with Gasteiger partial charge in [-0.1, -0.05) is 11.8 Å². The number of nitrogens with zero attached hydrogens (tertiary/aromatic N) is 1. The number of ether oxygens (including phenoxy) is 2. The molecule has 102 valence electrons. The smallest absolute Gasteiger partial charge is 0.253 e. The average molecular weight is 275 g/mol. The zero-order valence-corrected chi connectivity index (χ0v) is 10.9. The molecule has 0 aliphatic carbocycles. The molecule has 0 radical (unpaired) electrons. The van der Waals surface area contributed by atoms with Gasteiger partial charge in [0, 0.05) is 18.9 Å². The van der Waals surface area contributed by atoms with Crippen LogP contribution in [0.4, 0.5) is 5.82 Å². The molecule has 1 heterocycles. The minimum atomic E-state index is -0.640. The molecule has 4 N–H and O–H groups in total. The van der Waals surface area contributed by atoms with E-state index < -0.39 is 6.10 Å². The van der Waals surface area contributed by atoms with Gasteiger partial charge in [-0.25, -0.2) is 4.98 Å². The minimum absolute atomic E-state index is 0.159. The van der Waals surface area contributed by atoms with Crippen LogP contribution in [0.2, 0.25) is 0 Å². The Labute approximate surface area is 109 Å². The molecule has 1 rings (SSSR count). The predicted octanol–water partition coefficient (Wildman–Crippen LogP) is -0.532. The van der Waals surface area contributed by atoms with Crippen molar-refractivity contribution < 1.29 is 14.6 Å². The number of hydrogen-bond donors (Lipinski definition) is 3. The fraction of sp³-hybridized carbons (Fsp3) is 0.600. The Morgan fingerprint density at radius 1 is 1.61 bits per heavy atom. The minimum Gasteiger partial charge on any atom is -0.390 e. The second kappa shape index (κ2) is 8.09. The molecular formula is C10H17N3O4S. The van der Waals surface area contributed by atoms with Crippen LogP contribution in [0.3, 0.4) is 0 Å². The molecule has 0 aromatic carbocycles. The lowest BCUT2D eigenvalue weighted by molar-refractivity contribution is 0.0218. The number of aliphatic hydroxyl groups excluding tert-OH is 1. The molecule has 0 aliphatic heterocycles. The van der Waals surface area contributed by atoms with Crippen LogP contribution in [0.1, 0.15) is 0 Å². The maximum atomic E-state index is 11.1. The monoisotopic (exact) mass is 275 g/mol. The second-order valence-electron chi connectivity index (χ2n) is 3.51. The Balaban J connectivity index is 2.29. The Hall–Kier alpha value is -1.09. The van der Waals surface area contributed by atoms with Gasteiger partial charge in [0.1, 0.15) is 5.82 Å². The Kier molecular flexibility index (Phi) is 6.73. The Morgan fingerprint density at radius 3 is 3.06 bits per heavy atom. The first-order valence-electron chi connectivity index (χ1n) is 5.36. The highest BCUT2D eigenvalue weighted by Crippen LogP contribution is 2.13. The van der Waals surface area contributed by atoms with Crippen LogP contribution in [0.25, 0.3) is 0 Å². The molecule has 1 unspecified atom stereocenters. The SMILES string of the molecule is COCCOCC(O)CSc1nc(N)cc(=O)[nH]1. The molecule has 18 heavy (non-hydrogen) atoms. The number of thioether (sulfide) groups is 1. The number of aromatic amines is 1. The van der Waals surface area contributed by atoms with Crippen molar-refractivity contribution in [3.63, 3.8) is 0 Å². The van der Waals surface area contributed by atoms with Crippen LogP contribution in [0.5, 0.6) is 0 Å². The molecule has 0 spiro atoms. The summed E-state index contributed by atoms with van der Waals surface area (Å²) >= 11 is 1.21. The Morgan fingerprint density at radius 2 is 2.39 bits per heavy atom. The third-order valence-electron chi connectivity index (χ3n) is 1.89. The summed E-state index contributed by atoms with van der Waals surface area (Å²) in [7, 11) is 1.58. The molecule has 1 aromatic rings. The third-order valence-corrected chi connectivity index (χ3v) is 2.91. The number of nitrogens with one attached hydrogen (secondary N) is 1. The number of anilines is 1. The summed E-state index contributed by atoms with van der Waals surface area (Å²) in [4.78, 5) is 17.6. The number of methoxy groups -OCH3 is 1. The van der Waals surface area contributed by atoms with E-state index in [0.29, 0.717) is 24.1 Å². The van der Waals surface area contributed by atoms with E-state index >= 15 is 0 Å². The lowest BCUT2D eigenvalue weighted by Crippen LogP contribution is -2.20. The molecular weight excluding hydrogens is 258 g/mol. The van der Waals surface area contributed by atoms with Gasteiger partial charge in [0.05, 0.1) is 25.9 Å². The lowest BCUT2D eigenvalue weighted by Gasteiger charge is -2.10. The van der Waals surface area contributed by atoms with E-state index in [0.717, 1.165) is 0 Å². The number of nitrogens with two attached hydrogens (primary N) is 1. The van der Waals surface area contributed by atoms with Crippen LogP contribution < -0.4 is 11.3 Å². The van der Waals surface area contributed by atoms with Gasteiger partial charge in [0.25, 0.3) is 5.56 Å². The quantitative estimate of drug-likeness (QED) is 0.332. The number of H-pyrrole nitrogens is 1. The third kappa shape index (κ3) is 6.01. The van der Waals surface area contributed by atoms with Crippen molar-refractivity contribution in [2.75, 3.05) is 38.4 Å². The number of aliphatic hydroxyl groups is 1. The zero-order chi connectivity index (χ0) is 13.4. The zero-order valence-electron chi connectivity index (χ0n) is 10.1. The van der Waals surface area contributed by atoms with Gasteiger partial charge in [-0.3, -0.25) is 4.79 Å². The van der Waals surface area contributed by atoms with E-state index in [2.05, 4.69) is 9.97 Å². The summed E-state index contributed by atoms with van der Waals surface area (Å²) in [5.74, 6) is 0.520. The van der Waals surface area contributed by atoms with Gasteiger partial charge < -0.3 is 25.3 Å². The molecule has 0 fully saturated rings. The van der Waals surface area contributed by atoms with Gasteiger partial charge in [0.2, 0.25) is 0 Å². The largest absolute Gasteiger partial charge is 0.390 e. The van der Waals surface area contributed by atoms with E-state index in [4.69, 9.17) is 15.2 Å². The van der Waals surface area contributed by atoms with E-state index in [9.17, 15) is 9.90 Å². The number of hydrogen-bond acceptors (Lipinski definition) is 7. The van der Waals surface area contributed by atoms with Crippen LogP contribution in [0.15, 0.2) is 16.0 Å². The maximum absolute atomic E-state index is 11.1. The lowest BCUT2D eigenvalue weighted by atomic mass is 10.4. The summed E-state index contributed by atoms with van der Waals surface area (Å²) in [6, 6.07) is 1.20. The average Bonchev–Trinajstić information content (AvgIpc) is 2.31. The van der Waals surface area contributed by atoms with Crippen molar-refractivity contribution in [3.05, 3.63) is 16.4 Å². The number of aromatic nitrogens is 2. The molecule has 0 aliphatic rings. The highest BCUT2D eigenvalue weighted by molar-refractivity contribution is 7.99. The second-order valence-corrected chi connectivity index (χ2v) is 4.52. The first kappa shape index (κ1) is 15.0. The normalized spacial score (nSPS) is 12.6. The maximum Gasteiger partial charge on any atom is 0.253 e. The van der Waals surface area contributed by atoms with E-state index in [1.54, 1.807) is 7.11 Å². The van der Waals surface area contributed by atoms with Gasteiger partial charge in [-0.05, 0) is 0 Å². The highest BCUT2D eigenvalue weighted by atomic mass is 32.2. The summed E-state index contributed by atoms with van der Waals surface area (Å²) in [5.41, 5.74) is 5.12. The van der Waals surface area contributed by atoms with E-state index in [-0.39, 0.29) is 18.0 Å². The van der Waals surface area contributed by atoms with Crippen LogP contribution in [0, 0.1) is 0 Å².